The van der Waals surface area contributed by atoms with Gasteiger partial charge in [0.25, 0.3) is 0 Å². The molecule has 0 aliphatic heterocycles. The van der Waals surface area contributed by atoms with E-state index in [0.29, 0.717) is 11.4 Å². The van der Waals surface area contributed by atoms with E-state index in [9.17, 15) is 12.8 Å². The number of halogens is 1. The average molecular weight is 363 g/mol. The second kappa shape index (κ2) is 6.95. The normalized spacial score (nSPS) is 11.4. The van der Waals surface area contributed by atoms with Gasteiger partial charge in [0.2, 0.25) is 10.0 Å². The van der Waals surface area contributed by atoms with E-state index in [0.717, 1.165) is 12.1 Å². The minimum absolute atomic E-state index is 0.0490. The fourth-order valence-corrected chi connectivity index (χ4v) is 3.28. The van der Waals surface area contributed by atoms with Gasteiger partial charge < -0.3 is 4.74 Å². The Bertz CT molecular complexity index is 976. The summed E-state index contributed by atoms with van der Waals surface area (Å²) in [6, 6.07) is 6.80. The Morgan fingerprint density at radius 2 is 2.16 bits per heavy atom. The summed E-state index contributed by atoms with van der Waals surface area (Å²) in [5.74, 6) is -0.628. The minimum Gasteiger partial charge on any atom is -0.495 e. The molecule has 0 aliphatic rings. The zero-order chi connectivity index (χ0) is 17.9. The summed E-state index contributed by atoms with van der Waals surface area (Å²) in [4.78, 5) is 3.69. The molecule has 0 spiro atoms. The van der Waals surface area contributed by atoms with Crippen LogP contribution >= 0.6 is 0 Å². The van der Waals surface area contributed by atoms with Crippen LogP contribution in [0.3, 0.4) is 0 Å². The first-order chi connectivity index (χ1) is 12.0. The van der Waals surface area contributed by atoms with Crippen molar-refractivity contribution in [2.75, 3.05) is 7.11 Å². The van der Waals surface area contributed by atoms with Crippen molar-refractivity contribution in [1.82, 2.24) is 24.7 Å². The van der Waals surface area contributed by atoms with Crippen molar-refractivity contribution in [2.45, 2.75) is 11.4 Å². The van der Waals surface area contributed by atoms with Gasteiger partial charge in [0.05, 0.1) is 37.4 Å². The van der Waals surface area contributed by atoms with Crippen LogP contribution in [0.1, 0.15) is 5.69 Å². The molecule has 1 aromatic carbocycles. The van der Waals surface area contributed by atoms with Crippen LogP contribution in [0.5, 0.6) is 5.75 Å². The van der Waals surface area contributed by atoms with Gasteiger partial charge in [-0.2, -0.15) is 0 Å². The lowest BCUT2D eigenvalue weighted by atomic mass is 10.3. The van der Waals surface area contributed by atoms with Crippen molar-refractivity contribution in [3.63, 3.8) is 0 Å². The number of hydrogen-bond donors (Lipinski definition) is 1. The molecule has 1 N–H and O–H groups in total. The van der Waals surface area contributed by atoms with E-state index < -0.39 is 15.8 Å². The van der Waals surface area contributed by atoms with E-state index in [1.165, 1.54) is 17.9 Å². The van der Waals surface area contributed by atoms with Gasteiger partial charge in [0.15, 0.2) is 0 Å². The highest BCUT2D eigenvalue weighted by Crippen LogP contribution is 2.24. The largest absolute Gasteiger partial charge is 0.495 e. The predicted molar refractivity (Wildman–Crippen MR) is 86.1 cm³/mol. The Morgan fingerprint density at radius 3 is 2.88 bits per heavy atom. The maximum Gasteiger partial charge on any atom is 0.244 e. The summed E-state index contributed by atoms with van der Waals surface area (Å²) < 4.78 is 47.0. The standard InChI is InChI=1S/C15H14FN5O3S/c1-24-14-5-4-11(16)7-15(14)25(22,23)18-8-12-10-21(20-19-12)13-3-2-6-17-9-13/h2-7,9-10,18H,8H2,1H3. The molecule has 0 saturated carbocycles. The number of benzene rings is 1. The summed E-state index contributed by atoms with van der Waals surface area (Å²) in [7, 11) is -2.67. The monoisotopic (exact) mass is 363 g/mol. The van der Waals surface area contributed by atoms with Crippen molar-refractivity contribution in [3.05, 3.63) is 60.4 Å². The lowest BCUT2D eigenvalue weighted by molar-refractivity contribution is 0.400. The molecule has 130 valence electrons. The summed E-state index contributed by atoms with van der Waals surface area (Å²) in [6.07, 6.45) is 4.80. The Morgan fingerprint density at radius 1 is 1.32 bits per heavy atom. The van der Waals surface area contributed by atoms with Crippen molar-refractivity contribution in [1.29, 1.82) is 0 Å². The first-order valence-electron chi connectivity index (χ1n) is 7.14. The molecule has 2 heterocycles. The van der Waals surface area contributed by atoms with Gasteiger partial charge in [0.1, 0.15) is 16.5 Å². The van der Waals surface area contributed by atoms with Crippen LogP contribution in [0, 0.1) is 5.82 Å². The van der Waals surface area contributed by atoms with Crippen LogP contribution in [0.25, 0.3) is 5.69 Å². The average Bonchev–Trinajstić information content (AvgIpc) is 3.10. The third kappa shape index (κ3) is 3.80. The van der Waals surface area contributed by atoms with Crippen molar-refractivity contribution < 1.29 is 17.5 Å². The van der Waals surface area contributed by atoms with Crippen LogP contribution in [0.4, 0.5) is 4.39 Å². The first kappa shape index (κ1) is 17.0. The first-order valence-corrected chi connectivity index (χ1v) is 8.63. The van der Waals surface area contributed by atoms with Crippen LogP contribution in [0.15, 0.2) is 53.8 Å². The van der Waals surface area contributed by atoms with E-state index >= 15 is 0 Å². The summed E-state index contributed by atoms with van der Waals surface area (Å²) in [5, 5.41) is 7.82. The molecule has 3 rings (SSSR count). The summed E-state index contributed by atoms with van der Waals surface area (Å²) in [5.41, 5.74) is 1.08. The number of hydrogen-bond acceptors (Lipinski definition) is 6. The third-order valence-electron chi connectivity index (χ3n) is 3.31. The van der Waals surface area contributed by atoms with Crippen LogP contribution in [0.2, 0.25) is 0 Å². The topological polar surface area (TPSA) is 99.0 Å². The van der Waals surface area contributed by atoms with Crippen LogP contribution in [-0.2, 0) is 16.6 Å². The highest BCUT2D eigenvalue weighted by molar-refractivity contribution is 7.89. The molecule has 0 radical (unpaired) electrons. The molecule has 10 heteroatoms. The zero-order valence-electron chi connectivity index (χ0n) is 13.1. The van der Waals surface area contributed by atoms with Crippen molar-refractivity contribution >= 4 is 10.0 Å². The number of nitrogens with zero attached hydrogens (tertiary/aromatic N) is 4. The van der Waals surface area contributed by atoms with E-state index in [4.69, 9.17) is 4.74 Å². The number of pyridine rings is 1. The van der Waals surface area contributed by atoms with E-state index in [2.05, 4.69) is 20.0 Å². The molecule has 0 aliphatic carbocycles. The highest BCUT2D eigenvalue weighted by atomic mass is 32.2. The third-order valence-corrected chi connectivity index (χ3v) is 4.73. The van der Waals surface area contributed by atoms with Gasteiger partial charge in [-0.3, -0.25) is 4.98 Å². The molecule has 8 nitrogen and oxygen atoms in total. The fraction of sp³-hybridized carbons (Fsp3) is 0.133. The maximum atomic E-state index is 13.4. The molecule has 0 fully saturated rings. The summed E-state index contributed by atoms with van der Waals surface area (Å²) in [6.45, 7) is -0.109. The molecule has 0 amide bonds. The number of sulfonamides is 1. The Labute approximate surface area is 143 Å². The lowest BCUT2D eigenvalue weighted by Crippen LogP contribution is -2.24. The molecule has 0 unspecified atom stereocenters. The Hall–Kier alpha value is -2.85. The van der Waals surface area contributed by atoms with Gasteiger partial charge in [-0.15, -0.1) is 5.10 Å². The minimum atomic E-state index is -3.98. The lowest BCUT2D eigenvalue weighted by Gasteiger charge is -2.09. The number of methoxy groups -OCH3 is 1. The van der Waals surface area contributed by atoms with Gasteiger partial charge in [-0.1, -0.05) is 5.21 Å². The highest BCUT2D eigenvalue weighted by Gasteiger charge is 2.20. The van der Waals surface area contributed by atoms with Crippen molar-refractivity contribution in [3.8, 4) is 11.4 Å². The number of nitrogens with one attached hydrogen (secondary N) is 1. The Balaban J connectivity index is 1.77. The van der Waals surface area contributed by atoms with E-state index in [-0.39, 0.29) is 17.2 Å². The molecule has 0 saturated heterocycles. The molecule has 2 aromatic heterocycles. The number of rotatable bonds is 6. The second-order valence-corrected chi connectivity index (χ2v) is 6.72. The molecular formula is C15H14FN5O3S. The fourth-order valence-electron chi connectivity index (χ4n) is 2.10. The van der Waals surface area contributed by atoms with Crippen LogP contribution < -0.4 is 9.46 Å². The molecule has 0 atom stereocenters. The second-order valence-electron chi connectivity index (χ2n) is 4.99. The van der Waals surface area contributed by atoms with Gasteiger partial charge in [-0.05, 0) is 30.3 Å². The van der Waals surface area contributed by atoms with Crippen LogP contribution in [-0.4, -0.2) is 35.5 Å². The molecule has 25 heavy (non-hydrogen) atoms. The van der Waals surface area contributed by atoms with Gasteiger partial charge in [-0.25, -0.2) is 22.2 Å². The quantitative estimate of drug-likeness (QED) is 0.708. The zero-order valence-corrected chi connectivity index (χ0v) is 13.9. The SMILES string of the molecule is COc1ccc(F)cc1S(=O)(=O)NCc1cn(-c2cccnc2)nn1. The molecule has 0 bridgehead atoms. The van der Waals surface area contributed by atoms with E-state index in [1.54, 1.807) is 30.7 Å². The Kier molecular flexibility index (Phi) is 4.72. The smallest absolute Gasteiger partial charge is 0.244 e. The maximum absolute atomic E-state index is 13.4. The summed E-state index contributed by atoms with van der Waals surface area (Å²) >= 11 is 0. The number of aromatic nitrogens is 4. The molecular weight excluding hydrogens is 349 g/mol. The molecule has 3 aromatic rings. The number of ether oxygens (including phenoxy) is 1. The van der Waals surface area contributed by atoms with Gasteiger partial charge >= 0.3 is 0 Å². The van der Waals surface area contributed by atoms with Crippen molar-refractivity contribution in [2.24, 2.45) is 0 Å². The van der Waals surface area contributed by atoms with Gasteiger partial charge in [0, 0.05) is 6.20 Å². The predicted octanol–water partition coefficient (Wildman–Crippen LogP) is 1.29. The van der Waals surface area contributed by atoms with E-state index in [1.807, 2.05) is 0 Å².